The van der Waals surface area contributed by atoms with E-state index in [-0.39, 0.29) is 0 Å². The monoisotopic (exact) mass is 241 g/mol. The molecular weight excluding hydrogens is 230 g/mol. The standard InChI is InChI=1S/C10H11NO2S2/c1-3-4-5-6-14-10-11-7(2)8(15-10)9(12)13/h5-6H2,1-2H3,(H,12,13). The van der Waals surface area contributed by atoms with Gasteiger partial charge in [0, 0.05) is 12.2 Å². The molecule has 0 aliphatic heterocycles. The molecule has 0 amide bonds. The van der Waals surface area contributed by atoms with Gasteiger partial charge in [-0.15, -0.1) is 23.2 Å². The van der Waals surface area contributed by atoms with Crippen molar-refractivity contribution in [3.8, 4) is 11.8 Å². The second kappa shape index (κ2) is 5.79. The summed E-state index contributed by atoms with van der Waals surface area (Å²) in [7, 11) is 0. The number of aromatic carboxylic acids is 1. The zero-order valence-electron chi connectivity index (χ0n) is 8.53. The first-order chi connectivity index (χ1) is 7.15. The van der Waals surface area contributed by atoms with Gasteiger partial charge in [0.1, 0.15) is 4.88 Å². The fraction of sp³-hybridized carbons (Fsp3) is 0.400. The Morgan fingerprint density at radius 1 is 1.67 bits per heavy atom. The molecule has 1 heterocycles. The number of thioether (sulfide) groups is 1. The lowest BCUT2D eigenvalue weighted by atomic mass is 10.4. The predicted octanol–water partition coefficient (Wildman–Crippen LogP) is 2.66. The van der Waals surface area contributed by atoms with Crippen LogP contribution in [0.1, 0.15) is 28.7 Å². The molecule has 1 N–H and O–H groups in total. The lowest BCUT2D eigenvalue weighted by Gasteiger charge is -1.90. The highest BCUT2D eigenvalue weighted by Gasteiger charge is 2.13. The molecule has 0 atom stereocenters. The zero-order valence-corrected chi connectivity index (χ0v) is 10.2. The molecule has 0 aliphatic carbocycles. The maximum absolute atomic E-state index is 10.8. The molecule has 15 heavy (non-hydrogen) atoms. The van der Waals surface area contributed by atoms with Gasteiger partial charge in [-0.25, -0.2) is 9.78 Å². The molecule has 1 aromatic heterocycles. The summed E-state index contributed by atoms with van der Waals surface area (Å²) in [5.41, 5.74) is 0.594. The molecular formula is C10H11NO2S2. The summed E-state index contributed by atoms with van der Waals surface area (Å²) >= 11 is 2.78. The Morgan fingerprint density at radius 2 is 2.40 bits per heavy atom. The number of rotatable bonds is 4. The fourth-order valence-electron chi connectivity index (χ4n) is 0.946. The maximum Gasteiger partial charge on any atom is 0.347 e. The summed E-state index contributed by atoms with van der Waals surface area (Å²) in [6.45, 7) is 3.52. The highest BCUT2D eigenvalue weighted by atomic mass is 32.2. The molecule has 0 bridgehead atoms. The number of hydrogen-bond donors (Lipinski definition) is 1. The Balaban J connectivity index is 2.58. The van der Waals surface area contributed by atoms with Crippen molar-refractivity contribution in [2.75, 3.05) is 5.75 Å². The van der Waals surface area contributed by atoms with Crippen LogP contribution < -0.4 is 0 Å². The average Bonchev–Trinajstić information content (AvgIpc) is 2.55. The van der Waals surface area contributed by atoms with Crippen molar-refractivity contribution >= 4 is 29.1 Å². The smallest absolute Gasteiger partial charge is 0.347 e. The second-order valence-corrected chi connectivity index (χ2v) is 5.07. The van der Waals surface area contributed by atoms with Crippen LogP contribution in [0.2, 0.25) is 0 Å². The van der Waals surface area contributed by atoms with Crippen LogP contribution in [0.25, 0.3) is 0 Å². The van der Waals surface area contributed by atoms with E-state index in [1.807, 2.05) is 0 Å². The lowest BCUT2D eigenvalue weighted by Crippen LogP contribution is -1.94. The first kappa shape index (κ1) is 12.1. The number of aromatic nitrogens is 1. The maximum atomic E-state index is 10.8. The van der Waals surface area contributed by atoms with E-state index in [0.717, 1.165) is 16.5 Å². The number of aryl methyl sites for hydroxylation is 1. The molecule has 0 radical (unpaired) electrons. The molecule has 1 aromatic rings. The van der Waals surface area contributed by atoms with Crippen molar-refractivity contribution in [1.29, 1.82) is 0 Å². The molecule has 0 spiro atoms. The zero-order chi connectivity index (χ0) is 11.3. The number of nitrogens with zero attached hydrogens (tertiary/aromatic N) is 1. The Bertz CT molecular complexity index is 415. The molecule has 3 nitrogen and oxygen atoms in total. The van der Waals surface area contributed by atoms with E-state index in [1.54, 1.807) is 25.6 Å². The van der Waals surface area contributed by atoms with Crippen molar-refractivity contribution in [1.82, 2.24) is 4.98 Å². The van der Waals surface area contributed by atoms with Crippen molar-refractivity contribution in [3.05, 3.63) is 10.6 Å². The van der Waals surface area contributed by atoms with Crippen molar-refractivity contribution in [2.45, 2.75) is 24.6 Å². The average molecular weight is 241 g/mol. The van der Waals surface area contributed by atoms with Crippen molar-refractivity contribution in [3.63, 3.8) is 0 Å². The number of carboxylic acids is 1. The third-order valence-corrected chi connectivity index (χ3v) is 3.89. The van der Waals surface area contributed by atoms with Gasteiger partial charge in [0.15, 0.2) is 4.34 Å². The van der Waals surface area contributed by atoms with Crippen LogP contribution in [-0.2, 0) is 0 Å². The Labute approximate surface area is 96.9 Å². The van der Waals surface area contributed by atoms with E-state index in [9.17, 15) is 4.79 Å². The van der Waals surface area contributed by atoms with Crippen LogP contribution in [0.5, 0.6) is 0 Å². The molecule has 0 saturated heterocycles. The summed E-state index contributed by atoms with van der Waals surface area (Å²) in [6, 6.07) is 0. The molecule has 0 aromatic carbocycles. The summed E-state index contributed by atoms with van der Waals surface area (Å²) in [5, 5.41) is 8.83. The van der Waals surface area contributed by atoms with Gasteiger partial charge in [0.2, 0.25) is 0 Å². The summed E-state index contributed by atoms with van der Waals surface area (Å²) in [4.78, 5) is 15.3. The SMILES string of the molecule is CC#CCCSc1nc(C)c(C(=O)O)s1. The molecule has 0 aliphatic rings. The number of carbonyl (C=O) groups is 1. The van der Waals surface area contributed by atoms with Gasteiger partial charge in [-0.3, -0.25) is 0 Å². The highest BCUT2D eigenvalue weighted by molar-refractivity contribution is 8.01. The third kappa shape index (κ3) is 3.57. The second-order valence-electron chi connectivity index (χ2n) is 2.72. The predicted molar refractivity (Wildman–Crippen MR) is 62.6 cm³/mol. The van der Waals surface area contributed by atoms with Crippen molar-refractivity contribution < 1.29 is 9.90 Å². The van der Waals surface area contributed by atoms with Crippen LogP contribution in [0.15, 0.2) is 4.34 Å². The molecule has 80 valence electrons. The Kier molecular flexibility index (Phi) is 4.66. The highest BCUT2D eigenvalue weighted by Crippen LogP contribution is 2.27. The van der Waals surface area contributed by atoms with Crippen LogP contribution in [-0.4, -0.2) is 21.8 Å². The van der Waals surface area contributed by atoms with Crippen LogP contribution in [0.3, 0.4) is 0 Å². The van der Waals surface area contributed by atoms with Gasteiger partial charge >= 0.3 is 5.97 Å². The van der Waals surface area contributed by atoms with Gasteiger partial charge in [-0.2, -0.15) is 0 Å². The summed E-state index contributed by atoms with van der Waals surface area (Å²) in [6.07, 6.45) is 0.808. The van der Waals surface area contributed by atoms with Gasteiger partial charge in [0.05, 0.1) is 5.69 Å². The minimum Gasteiger partial charge on any atom is -0.477 e. The van der Waals surface area contributed by atoms with Crippen LogP contribution in [0, 0.1) is 18.8 Å². The summed E-state index contributed by atoms with van der Waals surface area (Å²) in [5.74, 6) is 5.72. The van der Waals surface area contributed by atoms with E-state index in [1.165, 1.54) is 11.3 Å². The van der Waals surface area contributed by atoms with E-state index in [4.69, 9.17) is 5.11 Å². The molecule has 0 unspecified atom stereocenters. The molecule has 5 heteroatoms. The number of thiazole rings is 1. The van der Waals surface area contributed by atoms with Gasteiger partial charge in [-0.05, 0) is 13.8 Å². The molecule has 1 rings (SSSR count). The fourth-order valence-corrected chi connectivity index (χ4v) is 2.90. The van der Waals surface area contributed by atoms with Gasteiger partial charge in [0.25, 0.3) is 0 Å². The Morgan fingerprint density at radius 3 is 2.93 bits per heavy atom. The quantitative estimate of drug-likeness (QED) is 0.500. The van der Waals surface area contributed by atoms with E-state index >= 15 is 0 Å². The van der Waals surface area contributed by atoms with E-state index in [2.05, 4.69) is 16.8 Å². The Hall–Kier alpha value is -0.990. The normalized spacial score (nSPS) is 9.47. The topological polar surface area (TPSA) is 50.2 Å². The minimum absolute atomic E-state index is 0.332. The van der Waals surface area contributed by atoms with E-state index in [0.29, 0.717) is 10.6 Å². The third-order valence-electron chi connectivity index (χ3n) is 1.60. The largest absolute Gasteiger partial charge is 0.477 e. The van der Waals surface area contributed by atoms with E-state index < -0.39 is 5.97 Å². The van der Waals surface area contributed by atoms with Gasteiger partial charge in [-0.1, -0.05) is 11.8 Å². The minimum atomic E-state index is -0.898. The first-order valence-corrected chi connectivity index (χ1v) is 6.18. The lowest BCUT2D eigenvalue weighted by molar-refractivity contribution is 0.0701. The summed E-state index contributed by atoms with van der Waals surface area (Å²) < 4.78 is 0.808. The van der Waals surface area contributed by atoms with Crippen LogP contribution >= 0.6 is 23.1 Å². The van der Waals surface area contributed by atoms with Crippen LogP contribution in [0.4, 0.5) is 0 Å². The number of carboxylic acid groups (broad SMARTS) is 1. The molecule has 0 saturated carbocycles. The molecule has 0 fully saturated rings. The van der Waals surface area contributed by atoms with Gasteiger partial charge < -0.3 is 5.11 Å². The first-order valence-electron chi connectivity index (χ1n) is 4.38. The van der Waals surface area contributed by atoms with Crippen molar-refractivity contribution in [2.24, 2.45) is 0 Å². The number of hydrogen-bond acceptors (Lipinski definition) is 4.